The van der Waals surface area contributed by atoms with Crippen LogP contribution < -0.4 is 0 Å². The topological polar surface area (TPSA) is 26.3 Å². The van der Waals surface area contributed by atoms with Crippen LogP contribution >= 0.6 is 0 Å². The van der Waals surface area contributed by atoms with Gasteiger partial charge in [-0.2, -0.15) is 0 Å². The molecule has 15 heavy (non-hydrogen) atoms. The molecule has 0 saturated carbocycles. The highest BCUT2D eigenvalue weighted by molar-refractivity contribution is 5.69. The lowest BCUT2D eigenvalue weighted by molar-refractivity contribution is -0.143. The number of carbonyl (C=O) groups is 1. The minimum Gasteiger partial charge on any atom is -0.466 e. The molecule has 88 valence electrons. The zero-order chi connectivity index (χ0) is 11.9. The first-order valence-corrected chi connectivity index (χ1v) is 5.67. The Bertz CT molecular complexity index is 211. The largest absolute Gasteiger partial charge is 0.466 e. The molecule has 0 N–H and O–H groups in total. The van der Waals surface area contributed by atoms with E-state index in [0.29, 0.717) is 18.4 Å². The van der Waals surface area contributed by atoms with Crippen LogP contribution in [0, 0.1) is 11.3 Å². The Morgan fingerprint density at radius 2 is 2.00 bits per heavy atom. The summed E-state index contributed by atoms with van der Waals surface area (Å²) >= 11 is 0. The third-order valence-corrected chi connectivity index (χ3v) is 1.99. The van der Waals surface area contributed by atoms with E-state index in [0.717, 1.165) is 6.42 Å². The number of carbonyl (C=O) groups excluding carboxylic acids is 1. The van der Waals surface area contributed by atoms with Crippen molar-refractivity contribution in [1.82, 2.24) is 0 Å². The Morgan fingerprint density at radius 3 is 2.47 bits per heavy atom. The van der Waals surface area contributed by atoms with E-state index in [1.54, 1.807) is 0 Å². The summed E-state index contributed by atoms with van der Waals surface area (Å²) in [6, 6.07) is 0. The average Bonchev–Trinajstić information content (AvgIpc) is 2.01. The second-order valence-electron chi connectivity index (χ2n) is 5.18. The number of ether oxygens (including phenoxy) is 1. The molecule has 0 radical (unpaired) electrons. The molecule has 0 fully saturated rings. The van der Waals surface area contributed by atoms with Crippen LogP contribution in [-0.4, -0.2) is 12.6 Å². The number of hydrogen-bond acceptors (Lipinski definition) is 2. The van der Waals surface area contributed by atoms with Crippen LogP contribution in [0.5, 0.6) is 0 Å². The van der Waals surface area contributed by atoms with E-state index in [4.69, 9.17) is 4.74 Å². The van der Waals surface area contributed by atoms with Gasteiger partial charge in [-0.3, -0.25) is 4.79 Å². The van der Waals surface area contributed by atoms with Crippen molar-refractivity contribution in [2.45, 2.75) is 47.5 Å². The van der Waals surface area contributed by atoms with Crippen LogP contribution in [0.3, 0.4) is 0 Å². The molecule has 0 aliphatic heterocycles. The van der Waals surface area contributed by atoms with Gasteiger partial charge in [-0.15, -0.1) is 0 Å². The molecule has 0 saturated heterocycles. The predicted octanol–water partition coefficient (Wildman–Crippen LogP) is 3.57. The molecule has 0 spiro atoms. The third-order valence-electron chi connectivity index (χ3n) is 1.99. The number of allylic oxidation sites excluding steroid dienone is 2. The van der Waals surface area contributed by atoms with Crippen molar-refractivity contribution in [1.29, 1.82) is 0 Å². The van der Waals surface area contributed by atoms with Crippen LogP contribution in [0.15, 0.2) is 12.2 Å². The molecule has 1 atom stereocenters. The molecule has 0 aromatic carbocycles. The quantitative estimate of drug-likeness (QED) is 0.514. The van der Waals surface area contributed by atoms with Crippen LogP contribution in [0.4, 0.5) is 0 Å². The van der Waals surface area contributed by atoms with Crippen molar-refractivity contribution in [3.05, 3.63) is 12.2 Å². The molecule has 0 amide bonds. The van der Waals surface area contributed by atoms with Gasteiger partial charge in [-0.05, 0) is 24.7 Å². The molecule has 0 rings (SSSR count). The maximum Gasteiger partial charge on any atom is 0.306 e. The normalized spacial score (nSPS) is 14.2. The second-order valence-corrected chi connectivity index (χ2v) is 5.18. The van der Waals surface area contributed by atoms with Crippen molar-refractivity contribution >= 4 is 5.97 Å². The maximum atomic E-state index is 11.2. The Balaban J connectivity index is 3.83. The summed E-state index contributed by atoms with van der Waals surface area (Å²) in [6.07, 6.45) is 5.78. The SMILES string of the molecule is CCOC(=O)CC(C)/C=C/CC(C)(C)C. The third kappa shape index (κ3) is 9.51. The van der Waals surface area contributed by atoms with Crippen molar-refractivity contribution in [3.8, 4) is 0 Å². The smallest absolute Gasteiger partial charge is 0.306 e. The van der Waals surface area contributed by atoms with Gasteiger partial charge >= 0.3 is 5.97 Å². The van der Waals surface area contributed by atoms with E-state index in [1.807, 2.05) is 13.8 Å². The lowest BCUT2D eigenvalue weighted by atomic mass is 9.91. The standard InChI is InChI=1S/C13H24O2/c1-6-15-12(14)10-11(2)8-7-9-13(3,4)5/h7-8,11H,6,9-10H2,1-5H3/b8-7+. The summed E-state index contributed by atoms with van der Waals surface area (Å²) in [7, 11) is 0. The van der Waals surface area contributed by atoms with E-state index in [2.05, 4.69) is 32.9 Å². The molecule has 2 heteroatoms. The average molecular weight is 212 g/mol. The first-order valence-electron chi connectivity index (χ1n) is 5.67. The van der Waals surface area contributed by atoms with Crippen molar-refractivity contribution in [2.24, 2.45) is 11.3 Å². The number of hydrogen-bond donors (Lipinski definition) is 0. The van der Waals surface area contributed by atoms with Gasteiger partial charge in [-0.25, -0.2) is 0 Å². The summed E-state index contributed by atoms with van der Waals surface area (Å²) < 4.78 is 4.89. The molecule has 0 aliphatic rings. The second kappa shape index (κ2) is 6.65. The van der Waals surface area contributed by atoms with Gasteiger partial charge in [0, 0.05) is 0 Å². The molecule has 0 aromatic rings. The Labute approximate surface area is 93.7 Å². The van der Waals surface area contributed by atoms with Crippen molar-refractivity contribution < 1.29 is 9.53 Å². The Morgan fingerprint density at radius 1 is 1.40 bits per heavy atom. The highest BCUT2D eigenvalue weighted by Gasteiger charge is 2.09. The summed E-state index contributed by atoms with van der Waals surface area (Å²) in [5.41, 5.74) is 0.320. The lowest BCUT2D eigenvalue weighted by Gasteiger charge is -2.15. The van der Waals surface area contributed by atoms with Gasteiger partial charge in [-0.1, -0.05) is 39.8 Å². The Kier molecular flexibility index (Phi) is 6.30. The summed E-state index contributed by atoms with van der Waals surface area (Å²) in [4.78, 5) is 11.2. The van der Waals surface area contributed by atoms with Crippen molar-refractivity contribution in [2.75, 3.05) is 6.61 Å². The molecule has 1 unspecified atom stereocenters. The molecule has 0 aromatic heterocycles. The fraction of sp³-hybridized carbons (Fsp3) is 0.769. The molecule has 0 heterocycles. The summed E-state index contributed by atoms with van der Waals surface area (Å²) in [5, 5.41) is 0. The van der Waals surface area contributed by atoms with E-state index < -0.39 is 0 Å². The van der Waals surface area contributed by atoms with Crippen LogP contribution in [0.1, 0.15) is 47.5 Å². The van der Waals surface area contributed by atoms with Gasteiger partial charge in [0.15, 0.2) is 0 Å². The molecule has 0 bridgehead atoms. The zero-order valence-corrected chi connectivity index (χ0v) is 10.7. The van der Waals surface area contributed by atoms with Gasteiger partial charge in [0.1, 0.15) is 0 Å². The van der Waals surface area contributed by atoms with Crippen molar-refractivity contribution in [3.63, 3.8) is 0 Å². The predicted molar refractivity (Wildman–Crippen MR) is 63.6 cm³/mol. The van der Waals surface area contributed by atoms with E-state index in [9.17, 15) is 4.79 Å². The minimum atomic E-state index is -0.106. The first-order chi connectivity index (χ1) is 6.85. The summed E-state index contributed by atoms with van der Waals surface area (Å²) in [6.45, 7) is 10.9. The highest BCUT2D eigenvalue weighted by atomic mass is 16.5. The molecule has 2 nitrogen and oxygen atoms in total. The number of esters is 1. The van der Waals surface area contributed by atoms with Gasteiger partial charge in [0.05, 0.1) is 13.0 Å². The van der Waals surface area contributed by atoms with Gasteiger partial charge in [0.25, 0.3) is 0 Å². The fourth-order valence-corrected chi connectivity index (χ4v) is 1.20. The van der Waals surface area contributed by atoms with Crippen LogP contribution in [0.2, 0.25) is 0 Å². The molecular weight excluding hydrogens is 188 g/mol. The fourth-order valence-electron chi connectivity index (χ4n) is 1.20. The lowest BCUT2D eigenvalue weighted by Crippen LogP contribution is -2.08. The highest BCUT2D eigenvalue weighted by Crippen LogP contribution is 2.19. The van der Waals surface area contributed by atoms with Crippen LogP contribution in [-0.2, 0) is 9.53 Å². The number of rotatable bonds is 5. The van der Waals surface area contributed by atoms with E-state index >= 15 is 0 Å². The van der Waals surface area contributed by atoms with E-state index in [-0.39, 0.29) is 11.9 Å². The van der Waals surface area contributed by atoms with Gasteiger partial charge < -0.3 is 4.74 Å². The Hall–Kier alpha value is -0.790. The van der Waals surface area contributed by atoms with Gasteiger partial charge in [0.2, 0.25) is 0 Å². The first kappa shape index (κ1) is 14.2. The van der Waals surface area contributed by atoms with E-state index in [1.165, 1.54) is 0 Å². The molecule has 0 aliphatic carbocycles. The monoisotopic (exact) mass is 212 g/mol. The maximum absolute atomic E-state index is 11.2. The summed E-state index contributed by atoms with van der Waals surface area (Å²) in [5.74, 6) is 0.164. The molecular formula is C13H24O2. The zero-order valence-electron chi connectivity index (χ0n) is 10.7. The van der Waals surface area contributed by atoms with Crippen LogP contribution in [0.25, 0.3) is 0 Å². The minimum absolute atomic E-state index is 0.106.